The SMILES string of the molecule is O=C1NC(Cc2cccc3c2ccn3CC(O)c2ccccc2)C(=O)S1. The zero-order chi connectivity index (χ0) is 18.1. The van der Waals surface area contributed by atoms with Crippen LogP contribution in [0.15, 0.2) is 60.8 Å². The van der Waals surface area contributed by atoms with E-state index in [2.05, 4.69) is 5.32 Å². The smallest absolute Gasteiger partial charge is 0.287 e. The lowest BCUT2D eigenvalue weighted by atomic mass is 10.0. The third-order valence-electron chi connectivity index (χ3n) is 4.65. The van der Waals surface area contributed by atoms with E-state index in [1.807, 2.05) is 65.4 Å². The van der Waals surface area contributed by atoms with Gasteiger partial charge in [0.1, 0.15) is 6.04 Å². The molecule has 2 unspecified atom stereocenters. The van der Waals surface area contributed by atoms with Crippen molar-refractivity contribution in [2.24, 2.45) is 0 Å². The van der Waals surface area contributed by atoms with Crippen LogP contribution in [0.5, 0.6) is 0 Å². The minimum absolute atomic E-state index is 0.133. The zero-order valence-corrected chi connectivity index (χ0v) is 14.8. The number of fused-ring (bicyclic) bond motifs is 1. The van der Waals surface area contributed by atoms with E-state index in [9.17, 15) is 14.7 Å². The molecule has 2 atom stereocenters. The third kappa shape index (κ3) is 3.25. The van der Waals surface area contributed by atoms with E-state index in [4.69, 9.17) is 0 Å². The third-order valence-corrected chi connectivity index (χ3v) is 5.44. The van der Waals surface area contributed by atoms with Crippen LogP contribution < -0.4 is 5.32 Å². The molecule has 1 fully saturated rings. The summed E-state index contributed by atoms with van der Waals surface area (Å²) in [6.45, 7) is 0.450. The Hall–Kier alpha value is -2.57. The van der Waals surface area contributed by atoms with E-state index < -0.39 is 12.1 Å². The van der Waals surface area contributed by atoms with Crippen molar-refractivity contribution in [1.29, 1.82) is 0 Å². The van der Waals surface area contributed by atoms with Crippen LogP contribution >= 0.6 is 11.8 Å². The van der Waals surface area contributed by atoms with E-state index in [0.717, 1.165) is 33.8 Å². The van der Waals surface area contributed by atoms with Gasteiger partial charge < -0.3 is 15.0 Å². The number of hydrogen-bond acceptors (Lipinski definition) is 4. The first-order valence-corrected chi connectivity index (χ1v) is 9.25. The van der Waals surface area contributed by atoms with Gasteiger partial charge in [-0.15, -0.1) is 0 Å². The number of amides is 1. The molecule has 0 bridgehead atoms. The summed E-state index contributed by atoms with van der Waals surface area (Å²) in [5.74, 6) is 0. The Bertz CT molecular complexity index is 968. The van der Waals surface area contributed by atoms with Crippen LogP contribution in [0.4, 0.5) is 4.79 Å². The van der Waals surface area contributed by atoms with Crippen molar-refractivity contribution in [2.75, 3.05) is 0 Å². The fraction of sp³-hybridized carbons (Fsp3) is 0.200. The highest BCUT2D eigenvalue weighted by atomic mass is 32.2. The maximum atomic E-state index is 11.9. The molecule has 0 radical (unpaired) electrons. The van der Waals surface area contributed by atoms with Gasteiger partial charge in [0, 0.05) is 35.3 Å². The number of hydrogen-bond donors (Lipinski definition) is 2. The predicted molar refractivity (Wildman–Crippen MR) is 102 cm³/mol. The molecule has 1 aromatic heterocycles. The molecule has 0 saturated carbocycles. The molecule has 1 aliphatic rings. The fourth-order valence-corrected chi connectivity index (χ4v) is 4.01. The number of benzene rings is 2. The van der Waals surface area contributed by atoms with Crippen LogP contribution in [-0.4, -0.2) is 26.1 Å². The molecule has 2 heterocycles. The quantitative estimate of drug-likeness (QED) is 0.727. The van der Waals surface area contributed by atoms with Crippen LogP contribution in [0.25, 0.3) is 10.9 Å². The second kappa shape index (κ2) is 6.97. The number of thioether (sulfide) groups is 1. The van der Waals surface area contributed by atoms with E-state index in [1.54, 1.807) is 0 Å². The van der Waals surface area contributed by atoms with Gasteiger partial charge in [-0.1, -0.05) is 42.5 Å². The summed E-state index contributed by atoms with van der Waals surface area (Å²) in [6.07, 6.45) is 1.83. The number of carbonyl (C=O) groups excluding carboxylic acids is 2. The number of aliphatic hydroxyl groups is 1. The maximum absolute atomic E-state index is 11.9. The number of nitrogens with zero attached hydrogens (tertiary/aromatic N) is 1. The van der Waals surface area contributed by atoms with Crippen LogP contribution in [-0.2, 0) is 17.8 Å². The highest BCUT2D eigenvalue weighted by Gasteiger charge is 2.31. The molecule has 0 aliphatic carbocycles. The molecule has 5 nitrogen and oxygen atoms in total. The molecule has 3 aromatic rings. The molecular weight excluding hydrogens is 348 g/mol. The first-order valence-electron chi connectivity index (χ1n) is 8.44. The van der Waals surface area contributed by atoms with Crippen LogP contribution in [0, 0.1) is 0 Å². The standard InChI is InChI=1S/C20H18N2O3S/c23-18(13-5-2-1-3-6-13)12-22-10-9-15-14(7-4-8-17(15)22)11-16-19(24)26-20(25)21-16/h1-10,16,18,23H,11-12H2,(H,21,25). The minimum atomic E-state index is -0.595. The largest absolute Gasteiger partial charge is 0.387 e. The Labute approximate surface area is 155 Å². The summed E-state index contributed by atoms with van der Waals surface area (Å²) in [7, 11) is 0. The highest BCUT2D eigenvalue weighted by molar-refractivity contribution is 8.26. The van der Waals surface area contributed by atoms with Gasteiger partial charge in [-0.3, -0.25) is 9.59 Å². The summed E-state index contributed by atoms with van der Waals surface area (Å²) in [6, 6.07) is 17.0. The fourth-order valence-electron chi connectivity index (χ4n) is 3.34. The summed E-state index contributed by atoms with van der Waals surface area (Å²) in [5, 5.41) is 13.8. The zero-order valence-electron chi connectivity index (χ0n) is 14.0. The first-order chi connectivity index (χ1) is 12.6. The molecule has 1 aliphatic heterocycles. The van der Waals surface area contributed by atoms with Crippen molar-refractivity contribution in [2.45, 2.75) is 25.1 Å². The Morgan fingerprint density at radius 1 is 1.08 bits per heavy atom. The Morgan fingerprint density at radius 2 is 1.88 bits per heavy atom. The summed E-state index contributed by atoms with van der Waals surface area (Å²) < 4.78 is 2.01. The van der Waals surface area contributed by atoms with E-state index in [1.165, 1.54) is 0 Å². The number of nitrogens with one attached hydrogen (secondary N) is 1. The first kappa shape index (κ1) is 16.9. The molecular formula is C20H18N2O3S. The topological polar surface area (TPSA) is 71.3 Å². The van der Waals surface area contributed by atoms with Gasteiger partial charge in [-0.2, -0.15) is 0 Å². The van der Waals surface area contributed by atoms with Crippen molar-refractivity contribution in [3.8, 4) is 0 Å². The molecule has 4 rings (SSSR count). The summed E-state index contributed by atoms with van der Waals surface area (Å²) >= 11 is 0.737. The second-order valence-electron chi connectivity index (χ2n) is 6.35. The molecule has 1 amide bonds. The lowest BCUT2D eigenvalue weighted by molar-refractivity contribution is -0.112. The van der Waals surface area contributed by atoms with Crippen LogP contribution in [0.3, 0.4) is 0 Å². The van der Waals surface area contributed by atoms with Gasteiger partial charge in [0.05, 0.1) is 12.6 Å². The van der Waals surface area contributed by atoms with Gasteiger partial charge in [-0.05, 0) is 23.3 Å². The van der Waals surface area contributed by atoms with Crippen molar-refractivity contribution in [3.05, 3.63) is 71.9 Å². The average molecular weight is 366 g/mol. The molecule has 132 valence electrons. The molecule has 26 heavy (non-hydrogen) atoms. The van der Waals surface area contributed by atoms with Crippen LogP contribution in [0.2, 0.25) is 0 Å². The molecule has 0 spiro atoms. The number of aromatic nitrogens is 1. The number of aliphatic hydroxyl groups excluding tert-OH is 1. The average Bonchev–Trinajstić information content (AvgIpc) is 3.19. The lowest BCUT2D eigenvalue weighted by Gasteiger charge is -2.14. The molecule has 6 heteroatoms. The second-order valence-corrected chi connectivity index (χ2v) is 7.33. The van der Waals surface area contributed by atoms with E-state index in [0.29, 0.717) is 13.0 Å². The Kier molecular flexibility index (Phi) is 4.53. The van der Waals surface area contributed by atoms with Crippen molar-refractivity contribution >= 4 is 33.0 Å². The Balaban J connectivity index is 1.59. The maximum Gasteiger partial charge on any atom is 0.287 e. The monoisotopic (exact) mass is 366 g/mol. The van der Waals surface area contributed by atoms with Crippen molar-refractivity contribution < 1.29 is 14.7 Å². The van der Waals surface area contributed by atoms with E-state index >= 15 is 0 Å². The van der Waals surface area contributed by atoms with E-state index in [-0.39, 0.29) is 10.4 Å². The van der Waals surface area contributed by atoms with Crippen molar-refractivity contribution in [1.82, 2.24) is 9.88 Å². The van der Waals surface area contributed by atoms with Gasteiger partial charge in [0.25, 0.3) is 5.24 Å². The van der Waals surface area contributed by atoms with Crippen LogP contribution in [0.1, 0.15) is 17.2 Å². The Morgan fingerprint density at radius 3 is 2.62 bits per heavy atom. The molecule has 2 aromatic carbocycles. The summed E-state index contributed by atoms with van der Waals surface area (Å²) in [5.41, 5.74) is 2.89. The predicted octanol–water partition coefficient (Wildman–Crippen LogP) is 3.27. The number of carbonyl (C=O) groups is 2. The molecule has 2 N–H and O–H groups in total. The van der Waals surface area contributed by atoms with Gasteiger partial charge in [0.2, 0.25) is 5.12 Å². The van der Waals surface area contributed by atoms with Gasteiger partial charge >= 0.3 is 0 Å². The molecule has 1 saturated heterocycles. The minimum Gasteiger partial charge on any atom is -0.387 e. The van der Waals surface area contributed by atoms with Gasteiger partial charge in [-0.25, -0.2) is 0 Å². The summed E-state index contributed by atoms with van der Waals surface area (Å²) in [4.78, 5) is 23.3. The lowest BCUT2D eigenvalue weighted by Crippen LogP contribution is -2.30. The van der Waals surface area contributed by atoms with Gasteiger partial charge in [0.15, 0.2) is 0 Å². The normalized spacial score (nSPS) is 18.3. The highest BCUT2D eigenvalue weighted by Crippen LogP contribution is 2.26. The number of rotatable bonds is 5. The van der Waals surface area contributed by atoms with Crippen molar-refractivity contribution in [3.63, 3.8) is 0 Å².